The van der Waals surface area contributed by atoms with E-state index in [2.05, 4.69) is 15.0 Å². The van der Waals surface area contributed by atoms with Crippen LogP contribution in [-0.4, -0.2) is 17.5 Å². The Morgan fingerprint density at radius 1 is 1.18 bits per heavy atom. The number of hydrogen-bond donors (Lipinski definition) is 1. The topological polar surface area (TPSA) is 51.2 Å². The van der Waals surface area contributed by atoms with Crippen LogP contribution in [-0.2, 0) is 0 Å². The molecule has 0 fully saturated rings. The van der Waals surface area contributed by atoms with Gasteiger partial charge in [-0.25, -0.2) is 4.98 Å². The Morgan fingerprint density at radius 2 is 2.00 bits per heavy atom. The van der Waals surface area contributed by atoms with E-state index in [1.807, 2.05) is 24.3 Å². The zero-order chi connectivity index (χ0) is 15.5. The lowest BCUT2D eigenvalue weighted by Gasteiger charge is -2.06. The Morgan fingerprint density at radius 3 is 2.77 bits per heavy atom. The number of aromatic nitrogens is 1. The second-order valence-electron chi connectivity index (χ2n) is 4.35. The van der Waals surface area contributed by atoms with E-state index in [-0.39, 0.29) is 11.3 Å². The van der Waals surface area contributed by atoms with Crippen molar-refractivity contribution in [3.05, 3.63) is 54.1 Å². The number of carbonyl (C=O) groups is 1. The van der Waals surface area contributed by atoms with Gasteiger partial charge >= 0.3 is 6.61 Å². The van der Waals surface area contributed by atoms with Gasteiger partial charge < -0.3 is 4.74 Å². The Labute approximate surface area is 128 Å². The maximum atomic E-state index is 12.2. The molecule has 1 heterocycles. The first-order chi connectivity index (χ1) is 10.6. The molecule has 0 aliphatic carbocycles. The molecule has 0 unspecified atom stereocenters. The molecular formula is C15H10F2N2O2S. The van der Waals surface area contributed by atoms with Gasteiger partial charge in [-0.2, -0.15) is 8.78 Å². The van der Waals surface area contributed by atoms with Crippen molar-refractivity contribution in [1.82, 2.24) is 4.98 Å². The first kappa shape index (κ1) is 14.4. The van der Waals surface area contributed by atoms with Crippen molar-refractivity contribution in [2.45, 2.75) is 6.61 Å². The number of rotatable bonds is 4. The molecule has 0 bridgehead atoms. The van der Waals surface area contributed by atoms with Crippen LogP contribution in [0.15, 0.2) is 48.5 Å². The Kier molecular flexibility index (Phi) is 3.97. The summed E-state index contributed by atoms with van der Waals surface area (Å²) < 4.78 is 29.6. The highest BCUT2D eigenvalue weighted by Gasteiger charge is 2.12. The van der Waals surface area contributed by atoms with Gasteiger partial charge in [-0.05, 0) is 30.3 Å². The zero-order valence-electron chi connectivity index (χ0n) is 11.1. The summed E-state index contributed by atoms with van der Waals surface area (Å²) in [5.74, 6) is -0.495. The first-order valence-electron chi connectivity index (χ1n) is 6.33. The van der Waals surface area contributed by atoms with Crippen LogP contribution in [0.4, 0.5) is 13.9 Å². The molecule has 22 heavy (non-hydrogen) atoms. The lowest BCUT2D eigenvalue weighted by molar-refractivity contribution is -0.0498. The SMILES string of the molecule is O=C(Nc1nc2ccccc2s1)c1cccc(OC(F)F)c1. The first-order valence-corrected chi connectivity index (χ1v) is 7.15. The van der Waals surface area contributed by atoms with Gasteiger partial charge in [0.15, 0.2) is 5.13 Å². The monoisotopic (exact) mass is 320 g/mol. The number of ether oxygens (including phenoxy) is 1. The number of thiazole rings is 1. The third-order valence-electron chi connectivity index (χ3n) is 2.84. The van der Waals surface area contributed by atoms with Crippen LogP contribution in [0.5, 0.6) is 5.75 Å². The molecule has 0 saturated carbocycles. The number of nitrogens with one attached hydrogen (secondary N) is 1. The molecule has 1 amide bonds. The predicted molar refractivity (Wildman–Crippen MR) is 80.6 cm³/mol. The molecule has 112 valence electrons. The molecule has 3 aromatic rings. The number of halogens is 2. The number of anilines is 1. The lowest BCUT2D eigenvalue weighted by Crippen LogP contribution is -2.12. The highest BCUT2D eigenvalue weighted by molar-refractivity contribution is 7.22. The van der Waals surface area contributed by atoms with E-state index in [1.54, 1.807) is 0 Å². The number of benzene rings is 2. The number of para-hydroxylation sites is 1. The van der Waals surface area contributed by atoms with Gasteiger partial charge in [0.2, 0.25) is 0 Å². The van der Waals surface area contributed by atoms with Crippen molar-refractivity contribution in [3.8, 4) is 5.75 Å². The Hall–Kier alpha value is -2.54. The summed E-state index contributed by atoms with van der Waals surface area (Å²) in [6, 6.07) is 13.1. The third-order valence-corrected chi connectivity index (χ3v) is 3.79. The quantitative estimate of drug-likeness (QED) is 0.785. The van der Waals surface area contributed by atoms with Crippen LogP contribution >= 0.6 is 11.3 Å². The molecule has 3 rings (SSSR count). The summed E-state index contributed by atoms with van der Waals surface area (Å²) in [6.45, 7) is -2.93. The van der Waals surface area contributed by atoms with Crippen molar-refractivity contribution >= 4 is 32.6 Å². The fraction of sp³-hybridized carbons (Fsp3) is 0.0667. The molecule has 0 aliphatic rings. The van der Waals surface area contributed by atoms with E-state index in [0.717, 1.165) is 10.2 Å². The van der Waals surface area contributed by atoms with Gasteiger partial charge in [0.05, 0.1) is 10.2 Å². The molecule has 7 heteroatoms. The van der Waals surface area contributed by atoms with Crippen molar-refractivity contribution in [3.63, 3.8) is 0 Å². The van der Waals surface area contributed by atoms with E-state index >= 15 is 0 Å². The number of hydrogen-bond acceptors (Lipinski definition) is 4. The van der Waals surface area contributed by atoms with E-state index in [1.165, 1.54) is 35.6 Å². The van der Waals surface area contributed by atoms with Crippen LogP contribution in [0.25, 0.3) is 10.2 Å². The van der Waals surface area contributed by atoms with E-state index in [4.69, 9.17) is 0 Å². The van der Waals surface area contributed by atoms with Gasteiger partial charge in [0.25, 0.3) is 5.91 Å². The highest BCUT2D eigenvalue weighted by atomic mass is 32.1. The van der Waals surface area contributed by atoms with Gasteiger partial charge in [-0.1, -0.05) is 29.5 Å². The van der Waals surface area contributed by atoms with Crippen LogP contribution in [0.2, 0.25) is 0 Å². The van der Waals surface area contributed by atoms with Gasteiger partial charge in [0, 0.05) is 5.56 Å². The third kappa shape index (κ3) is 3.20. The van der Waals surface area contributed by atoms with E-state index in [9.17, 15) is 13.6 Å². The molecule has 4 nitrogen and oxygen atoms in total. The van der Waals surface area contributed by atoms with Crippen LogP contribution in [0.3, 0.4) is 0 Å². The van der Waals surface area contributed by atoms with E-state index in [0.29, 0.717) is 5.13 Å². The number of alkyl halides is 2. The minimum Gasteiger partial charge on any atom is -0.435 e. The van der Waals surface area contributed by atoms with Crippen molar-refractivity contribution in [2.75, 3.05) is 5.32 Å². The summed E-state index contributed by atoms with van der Waals surface area (Å²) in [5.41, 5.74) is 1.01. The Bertz CT molecular complexity index is 787. The zero-order valence-corrected chi connectivity index (χ0v) is 11.9. The molecule has 1 N–H and O–H groups in total. The van der Waals surface area contributed by atoms with Crippen LogP contribution in [0, 0.1) is 0 Å². The molecule has 0 atom stereocenters. The van der Waals surface area contributed by atoms with E-state index < -0.39 is 12.5 Å². The highest BCUT2D eigenvalue weighted by Crippen LogP contribution is 2.26. The fourth-order valence-corrected chi connectivity index (χ4v) is 2.77. The van der Waals surface area contributed by atoms with Gasteiger partial charge in [-0.3, -0.25) is 10.1 Å². The molecule has 0 radical (unpaired) electrons. The molecule has 2 aromatic carbocycles. The number of amides is 1. The normalized spacial score (nSPS) is 10.9. The van der Waals surface area contributed by atoms with Gasteiger partial charge in [0.1, 0.15) is 5.75 Å². The number of nitrogens with zero attached hydrogens (tertiary/aromatic N) is 1. The molecule has 0 spiro atoms. The summed E-state index contributed by atoms with van der Waals surface area (Å²) in [7, 11) is 0. The summed E-state index contributed by atoms with van der Waals surface area (Å²) in [4.78, 5) is 16.4. The molecule has 0 saturated heterocycles. The average Bonchev–Trinajstić information content (AvgIpc) is 2.89. The van der Waals surface area contributed by atoms with Crippen LogP contribution in [0.1, 0.15) is 10.4 Å². The molecule has 1 aromatic heterocycles. The second kappa shape index (κ2) is 6.07. The maximum Gasteiger partial charge on any atom is 0.387 e. The maximum absolute atomic E-state index is 12.2. The van der Waals surface area contributed by atoms with Crippen molar-refractivity contribution < 1.29 is 18.3 Å². The average molecular weight is 320 g/mol. The molecule has 0 aliphatic heterocycles. The molecular weight excluding hydrogens is 310 g/mol. The van der Waals surface area contributed by atoms with Gasteiger partial charge in [-0.15, -0.1) is 0 Å². The predicted octanol–water partition coefficient (Wildman–Crippen LogP) is 4.15. The fourth-order valence-electron chi connectivity index (χ4n) is 1.91. The number of carbonyl (C=O) groups excluding carboxylic acids is 1. The van der Waals surface area contributed by atoms with Crippen molar-refractivity contribution in [1.29, 1.82) is 0 Å². The largest absolute Gasteiger partial charge is 0.435 e. The van der Waals surface area contributed by atoms with Crippen molar-refractivity contribution in [2.24, 2.45) is 0 Å². The number of fused-ring (bicyclic) bond motifs is 1. The Balaban J connectivity index is 1.79. The summed E-state index contributed by atoms with van der Waals surface area (Å²) >= 11 is 1.34. The summed E-state index contributed by atoms with van der Waals surface area (Å²) in [5, 5.41) is 3.10. The minimum atomic E-state index is -2.93. The van der Waals surface area contributed by atoms with Crippen LogP contribution < -0.4 is 10.1 Å². The smallest absolute Gasteiger partial charge is 0.387 e. The second-order valence-corrected chi connectivity index (χ2v) is 5.38. The lowest BCUT2D eigenvalue weighted by atomic mass is 10.2. The standard InChI is InChI=1S/C15H10F2N2O2S/c16-14(17)21-10-5-3-4-9(8-10)13(20)19-15-18-11-6-1-2-7-12(11)22-15/h1-8,14H,(H,18,19,20). The minimum absolute atomic E-state index is 0.0630. The summed E-state index contributed by atoms with van der Waals surface area (Å²) in [6.07, 6.45) is 0.